The molecule has 0 unspecified atom stereocenters. The van der Waals surface area contributed by atoms with Crippen LogP contribution in [0.2, 0.25) is 10.0 Å². The Bertz CT molecular complexity index is 1190. The predicted octanol–water partition coefficient (Wildman–Crippen LogP) is 5.16. The zero-order valence-corrected chi connectivity index (χ0v) is 17.6. The molecular formula is C20H15Cl2N5OS. The Morgan fingerprint density at radius 2 is 1.90 bits per heavy atom. The highest BCUT2D eigenvalue weighted by Gasteiger charge is 2.13. The van der Waals surface area contributed by atoms with Gasteiger partial charge < -0.3 is 5.32 Å². The normalized spacial score (nSPS) is 11.0. The molecule has 0 aliphatic rings. The lowest BCUT2D eigenvalue weighted by Gasteiger charge is -2.07. The predicted molar refractivity (Wildman–Crippen MR) is 117 cm³/mol. The van der Waals surface area contributed by atoms with Crippen molar-refractivity contribution in [1.29, 1.82) is 0 Å². The number of halogens is 2. The van der Waals surface area contributed by atoms with E-state index in [-0.39, 0.29) is 11.7 Å². The molecule has 0 aliphatic carbocycles. The van der Waals surface area contributed by atoms with Gasteiger partial charge in [-0.1, -0.05) is 52.7 Å². The molecule has 146 valence electrons. The third kappa shape index (κ3) is 4.37. The number of carbonyl (C=O) groups is 1. The highest BCUT2D eigenvalue weighted by atomic mass is 35.5. The molecule has 9 heteroatoms. The Balaban J connectivity index is 1.50. The van der Waals surface area contributed by atoms with Crippen molar-refractivity contribution < 1.29 is 4.79 Å². The summed E-state index contributed by atoms with van der Waals surface area (Å²) >= 11 is 13.2. The molecular weight excluding hydrogens is 429 g/mol. The van der Waals surface area contributed by atoms with Gasteiger partial charge in [0.05, 0.1) is 33.1 Å². The highest BCUT2D eigenvalue weighted by Crippen LogP contribution is 2.27. The van der Waals surface area contributed by atoms with Crippen LogP contribution in [0.15, 0.2) is 60.0 Å². The molecule has 0 radical (unpaired) electrons. The van der Waals surface area contributed by atoms with Gasteiger partial charge in [0.2, 0.25) is 5.91 Å². The Hall–Kier alpha value is -2.61. The Morgan fingerprint density at radius 1 is 1.10 bits per heavy atom. The molecule has 0 saturated carbocycles. The van der Waals surface area contributed by atoms with Crippen molar-refractivity contribution in [3.63, 3.8) is 0 Å². The van der Waals surface area contributed by atoms with Crippen LogP contribution in [0.5, 0.6) is 0 Å². The molecule has 6 nitrogen and oxygen atoms in total. The second kappa shape index (κ2) is 8.41. The number of amides is 1. The third-order valence-corrected chi connectivity index (χ3v) is 5.90. The van der Waals surface area contributed by atoms with E-state index in [1.54, 1.807) is 29.1 Å². The van der Waals surface area contributed by atoms with E-state index in [2.05, 4.69) is 20.4 Å². The van der Waals surface area contributed by atoms with Crippen LogP contribution in [0.1, 0.15) is 5.56 Å². The van der Waals surface area contributed by atoms with Crippen molar-refractivity contribution in [1.82, 2.24) is 19.7 Å². The van der Waals surface area contributed by atoms with Crippen LogP contribution in [0, 0.1) is 6.92 Å². The van der Waals surface area contributed by atoms with Gasteiger partial charge in [-0.25, -0.2) is 14.6 Å². The summed E-state index contributed by atoms with van der Waals surface area (Å²) in [6, 6.07) is 13.0. The van der Waals surface area contributed by atoms with E-state index in [9.17, 15) is 4.79 Å². The number of nitrogens with one attached hydrogen (secondary N) is 1. The number of aromatic nitrogens is 4. The summed E-state index contributed by atoms with van der Waals surface area (Å²) in [5, 5.41) is 9.55. The summed E-state index contributed by atoms with van der Waals surface area (Å²) in [5.41, 5.74) is 3.36. The number of hydrogen-bond donors (Lipinski definition) is 1. The maximum absolute atomic E-state index is 12.3. The van der Waals surface area contributed by atoms with Crippen molar-refractivity contribution >= 4 is 57.6 Å². The quantitative estimate of drug-likeness (QED) is 0.340. The molecule has 1 N–H and O–H groups in total. The second-order valence-electron chi connectivity index (χ2n) is 6.27. The van der Waals surface area contributed by atoms with Crippen molar-refractivity contribution in [2.75, 3.05) is 11.1 Å². The molecule has 4 rings (SSSR count). The zero-order chi connectivity index (χ0) is 20.4. The molecule has 1 amide bonds. The fourth-order valence-electron chi connectivity index (χ4n) is 2.72. The summed E-state index contributed by atoms with van der Waals surface area (Å²) in [5.74, 6) is 0.00768. The number of fused-ring (bicyclic) bond motifs is 1. The van der Waals surface area contributed by atoms with Crippen molar-refractivity contribution in [3.05, 3.63) is 70.6 Å². The first kappa shape index (κ1) is 19.7. The molecule has 0 saturated heterocycles. The first-order chi connectivity index (χ1) is 14.0. The number of anilines is 1. The van der Waals surface area contributed by atoms with Gasteiger partial charge in [-0.05, 0) is 37.3 Å². The Morgan fingerprint density at radius 3 is 2.66 bits per heavy atom. The first-order valence-corrected chi connectivity index (χ1v) is 10.4. The number of rotatable bonds is 5. The van der Waals surface area contributed by atoms with Gasteiger partial charge in [0.25, 0.3) is 0 Å². The number of hydrogen-bond acceptors (Lipinski definition) is 5. The fraction of sp³-hybridized carbons (Fsp3) is 0.100. The molecule has 0 bridgehead atoms. The molecule has 0 aliphatic heterocycles. The van der Waals surface area contributed by atoms with Gasteiger partial charge in [-0.2, -0.15) is 5.10 Å². The average molecular weight is 444 g/mol. The van der Waals surface area contributed by atoms with Crippen LogP contribution in [-0.4, -0.2) is 31.4 Å². The Labute approximate surface area is 181 Å². The van der Waals surface area contributed by atoms with E-state index in [0.717, 1.165) is 11.1 Å². The summed E-state index contributed by atoms with van der Waals surface area (Å²) < 4.78 is 1.76. The van der Waals surface area contributed by atoms with Crippen molar-refractivity contribution in [3.8, 4) is 5.69 Å². The van der Waals surface area contributed by atoms with E-state index >= 15 is 0 Å². The maximum atomic E-state index is 12.3. The van der Waals surface area contributed by atoms with Gasteiger partial charge in [0, 0.05) is 5.69 Å². The third-order valence-electron chi connectivity index (χ3n) is 4.15. The highest BCUT2D eigenvalue weighted by molar-refractivity contribution is 8.00. The zero-order valence-electron chi connectivity index (χ0n) is 15.3. The van der Waals surface area contributed by atoms with Crippen molar-refractivity contribution in [2.45, 2.75) is 11.9 Å². The van der Waals surface area contributed by atoms with E-state index in [1.807, 2.05) is 31.2 Å². The lowest BCUT2D eigenvalue weighted by atomic mass is 10.2. The standard InChI is InChI=1S/C20H15Cl2N5OS/c1-12-2-5-14(6-3-12)27-19-15(9-25-27)20(24-11-23-19)29-10-18(28)26-13-4-7-16(21)17(22)8-13/h2-9,11H,10H2,1H3,(H,26,28). The minimum atomic E-state index is -0.175. The van der Waals surface area contributed by atoms with Crippen LogP contribution in [0.4, 0.5) is 5.69 Å². The molecule has 0 atom stereocenters. The molecule has 0 fully saturated rings. The van der Waals surface area contributed by atoms with Gasteiger partial charge >= 0.3 is 0 Å². The first-order valence-electron chi connectivity index (χ1n) is 8.65. The van der Waals surface area contributed by atoms with E-state index in [1.165, 1.54) is 23.7 Å². The van der Waals surface area contributed by atoms with Crippen molar-refractivity contribution in [2.24, 2.45) is 0 Å². The lowest BCUT2D eigenvalue weighted by Crippen LogP contribution is -2.14. The van der Waals surface area contributed by atoms with E-state index < -0.39 is 0 Å². The number of nitrogens with zero attached hydrogens (tertiary/aromatic N) is 4. The Kier molecular flexibility index (Phi) is 5.71. The summed E-state index contributed by atoms with van der Waals surface area (Å²) in [4.78, 5) is 21.0. The number of thioether (sulfide) groups is 1. The van der Waals surface area contributed by atoms with Crippen LogP contribution < -0.4 is 5.32 Å². The molecule has 29 heavy (non-hydrogen) atoms. The smallest absolute Gasteiger partial charge is 0.234 e. The number of aryl methyl sites for hydroxylation is 1. The number of benzene rings is 2. The largest absolute Gasteiger partial charge is 0.325 e. The minimum absolute atomic E-state index is 0.175. The second-order valence-corrected chi connectivity index (χ2v) is 8.05. The van der Waals surface area contributed by atoms with Crippen LogP contribution in [-0.2, 0) is 4.79 Å². The maximum Gasteiger partial charge on any atom is 0.234 e. The van der Waals surface area contributed by atoms with Crippen LogP contribution in [0.3, 0.4) is 0 Å². The van der Waals surface area contributed by atoms with E-state index in [0.29, 0.717) is 26.4 Å². The molecule has 2 aromatic heterocycles. The topological polar surface area (TPSA) is 72.7 Å². The van der Waals surface area contributed by atoms with Crippen LogP contribution in [0.25, 0.3) is 16.7 Å². The van der Waals surface area contributed by atoms with E-state index in [4.69, 9.17) is 23.2 Å². The molecule has 4 aromatic rings. The summed E-state index contributed by atoms with van der Waals surface area (Å²) in [6.07, 6.45) is 3.20. The summed E-state index contributed by atoms with van der Waals surface area (Å²) in [7, 11) is 0. The molecule has 0 spiro atoms. The SMILES string of the molecule is Cc1ccc(-n2ncc3c(SCC(=O)Nc4ccc(Cl)c(Cl)c4)ncnc32)cc1. The van der Waals surface area contributed by atoms with Gasteiger partial charge in [0.15, 0.2) is 5.65 Å². The molecule has 2 heterocycles. The van der Waals surface area contributed by atoms with Crippen LogP contribution >= 0.6 is 35.0 Å². The monoisotopic (exact) mass is 443 g/mol. The molecule has 2 aromatic carbocycles. The minimum Gasteiger partial charge on any atom is -0.325 e. The van der Waals surface area contributed by atoms with Gasteiger partial charge in [-0.15, -0.1) is 0 Å². The summed E-state index contributed by atoms with van der Waals surface area (Å²) in [6.45, 7) is 2.03. The number of carbonyl (C=O) groups excluding carboxylic acids is 1. The average Bonchev–Trinajstić information content (AvgIpc) is 3.14. The fourth-order valence-corrected chi connectivity index (χ4v) is 3.78. The van der Waals surface area contributed by atoms with Gasteiger partial charge in [0.1, 0.15) is 11.4 Å². The van der Waals surface area contributed by atoms with Gasteiger partial charge in [-0.3, -0.25) is 4.79 Å². The lowest BCUT2D eigenvalue weighted by molar-refractivity contribution is -0.113.